The predicted molar refractivity (Wildman–Crippen MR) is 92.1 cm³/mol. The fourth-order valence-corrected chi connectivity index (χ4v) is 3.41. The lowest BCUT2D eigenvalue weighted by atomic mass is 9.76. The fourth-order valence-electron chi connectivity index (χ4n) is 3.23. The first-order valence-electron chi connectivity index (χ1n) is 7.19. The zero-order chi connectivity index (χ0) is 13.2. The first-order valence-corrected chi connectivity index (χ1v) is 7.56. The number of rotatable bonds is 3. The van der Waals surface area contributed by atoms with Crippen LogP contribution in [-0.4, -0.2) is 36.2 Å². The molecule has 21 heavy (non-hydrogen) atoms. The summed E-state index contributed by atoms with van der Waals surface area (Å²) in [6.45, 7) is 4.16. The molecule has 0 bridgehead atoms. The van der Waals surface area contributed by atoms with Crippen LogP contribution >= 0.6 is 36.4 Å². The monoisotopic (exact) mass is 352 g/mol. The number of piperazine rings is 1. The summed E-state index contributed by atoms with van der Waals surface area (Å²) in [5.41, 5.74) is 1.01. The van der Waals surface area contributed by atoms with E-state index in [1.807, 2.05) is 6.07 Å². The van der Waals surface area contributed by atoms with Crippen LogP contribution in [0.5, 0.6) is 5.75 Å². The summed E-state index contributed by atoms with van der Waals surface area (Å²) in [5, 5.41) is 14.3. The molecule has 1 aliphatic heterocycles. The van der Waals surface area contributed by atoms with Gasteiger partial charge >= 0.3 is 0 Å². The average molecular weight is 354 g/mol. The normalized spacial score (nSPS) is 20.8. The van der Waals surface area contributed by atoms with Crippen LogP contribution in [0.3, 0.4) is 0 Å². The number of benzene rings is 1. The molecule has 1 aromatic rings. The Bertz CT molecular complexity index is 449. The van der Waals surface area contributed by atoms with Gasteiger partial charge < -0.3 is 10.4 Å². The highest BCUT2D eigenvalue weighted by molar-refractivity contribution is 6.30. The first kappa shape index (κ1) is 18.9. The number of halogens is 3. The molecule has 2 fully saturated rings. The van der Waals surface area contributed by atoms with E-state index in [-0.39, 0.29) is 24.8 Å². The Labute approximate surface area is 143 Å². The Morgan fingerprint density at radius 1 is 1.19 bits per heavy atom. The summed E-state index contributed by atoms with van der Waals surface area (Å²) in [7, 11) is 0. The van der Waals surface area contributed by atoms with Crippen LogP contribution in [0.4, 0.5) is 0 Å². The van der Waals surface area contributed by atoms with Crippen molar-refractivity contribution in [2.24, 2.45) is 5.92 Å². The van der Waals surface area contributed by atoms with E-state index < -0.39 is 0 Å². The van der Waals surface area contributed by atoms with Gasteiger partial charge in [-0.2, -0.15) is 0 Å². The highest BCUT2D eigenvalue weighted by Gasteiger charge is 2.34. The van der Waals surface area contributed by atoms with Crippen LogP contribution in [0.2, 0.25) is 5.02 Å². The zero-order valence-corrected chi connectivity index (χ0v) is 14.3. The lowest BCUT2D eigenvalue weighted by Crippen LogP contribution is -2.47. The van der Waals surface area contributed by atoms with E-state index in [0.29, 0.717) is 22.7 Å². The Balaban J connectivity index is 0.00000110. The van der Waals surface area contributed by atoms with Crippen LogP contribution in [0.1, 0.15) is 30.9 Å². The van der Waals surface area contributed by atoms with Gasteiger partial charge in [0.1, 0.15) is 5.75 Å². The number of hydrogen-bond acceptors (Lipinski definition) is 3. The summed E-state index contributed by atoms with van der Waals surface area (Å²) in [4.78, 5) is 2.51. The Kier molecular flexibility index (Phi) is 7.58. The third-order valence-corrected chi connectivity index (χ3v) is 4.68. The van der Waals surface area contributed by atoms with Crippen LogP contribution < -0.4 is 5.32 Å². The molecule has 3 rings (SSSR count). The van der Waals surface area contributed by atoms with E-state index in [1.165, 1.54) is 19.3 Å². The van der Waals surface area contributed by atoms with Crippen molar-refractivity contribution in [3.63, 3.8) is 0 Å². The standard InChI is InChI=1S/C15H21ClN2O.2ClH/c16-12-4-5-14(19)13(10-12)15(11-2-1-3-11)18-8-6-17-7-9-18;;/h4-5,10-11,15,17,19H,1-3,6-9H2;2*1H/t15-;;/m1../s1. The third kappa shape index (κ3) is 4.17. The Morgan fingerprint density at radius 3 is 2.43 bits per heavy atom. The van der Waals surface area contributed by atoms with Crippen LogP contribution in [0.25, 0.3) is 0 Å². The molecule has 0 aromatic heterocycles. The molecule has 2 aliphatic rings. The molecule has 0 amide bonds. The fraction of sp³-hybridized carbons (Fsp3) is 0.600. The lowest BCUT2D eigenvalue weighted by Gasteiger charge is -2.43. The predicted octanol–water partition coefficient (Wildman–Crippen LogP) is 3.64. The molecule has 2 N–H and O–H groups in total. The van der Waals surface area contributed by atoms with Gasteiger partial charge in [-0.15, -0.1) is 24.8 Å². The number of phenolic OH excluding ortho intramolecular Hbond substituents is 1. The second kappa shape index (κ2) is 8.44. The van der Waals surface area contributed by atoms with Gasteiger partial charge in [-0.1, -0.05) is 18.0 Å². The van der Waals surface area contributed by atoms with Crippen molar-refractivity contribution in [3.05, 3.63) is 28.8 Å². The number of hydrogen-bond donors (Lipinski definition) is 2. The topological polar surface area (TPSA) is 35.5 Å². The molecular weight excluding hydrogens is 331 g/mol. The van der Waals surface area contributed by atoms with Crippen molar-refractivity contribution >= 4 is 36.4 Å². The SMILES string of the molecule is Cl.Cl.Oc1ccc(Cl)cc1[C@@H](C1CCC1)N1CCNCC1. The molecule has 1 saturated heterocycles. The summed E-state index contributed by atoms with van der Waals surface area (Å²) in [6, 6.07) is 5.76. The molecule has 0 unspecified atom stereocenters. The maximum atomic E-state index is 10.2. The highest BCUT2D eigenvalue weighted by Crippen LogP contribution is 2.44. The molecule has 0 radical (unpaired) electrons. The minimum Gasteiger partial charge on any atom is -0.508 e. The van der Waals surface area contributed by atoms with E-state index in [0.717, 1.165) is 31.7 Å². The summed E-state index contributed by atoms with van der Waals surface area (Å²) in [6.07, 6.45) is 3.84. The number of nitrogens with zero attached hydrogens (tertiary/aromatic N) is 1. The van der Waals surface area contributed by atoms with Gasteiger partial charge in [0.05, 0.1) is 0 Å². The largest absolute Gasteiger partial charge is 0.508 e. The molecule has 0 spiro atoms. The van der Waals surface area contributed by atoms with Gasteiger partial charge in [0, 0.05) is 42.8 Å². The minimum atomic E-state index is 0. The van der Waals surface area contributed by atoms with Gasteiger partial charge in [0.2, 0.25) is 0 Å². The lowest BCUT2D eigenvalue weighted by molar-refractivity contribution is 0.0819. The van der Waals surface area contributed by atoms with E-state index in [9.17, 15) is 5.11 Å². The van der Waals surface area contributed by atoms with Gasteiger partial charge in [0.15, 0.2) is 0 Å². The van der Waals surface area contributed by atoms with Crippen molar-refractivity contribution in [1.29, 1.82) is 0 Å². The summed E-state index contributed by atoms with van der Waals surface area (Å²) in [5.74, 6) is 1.06. The van der Waals surface area contributed by atoms with Crippen LogP contribution in [0.15, 0.2) is 18.2 Å². The van der Waals surface area contributed by atoms with Crippen molar-refractivity contribution in [3.8, 4) is 5.75 Å². The maximum Gasteiger partial charge on any atom is 0.120 e. The minimum absolute atomic E-state index is 0. The molecule has 1 aliphatic carbocycles. The van der Waals surface area contributed by atoms with Gasteiger partial charge in [0.25, 0.3) is 0 Å². The second-order valence-electron chi connectivity index (χ2n) is 5.62. The molecule has 1 aromatic carbocycles. The van der Waals surface area contributed by atoms with Crippen molar-refractivity contribution in [2.75, 3.05) is 26.2 Å². The van der Waals surface area contributed by atoms with Crippen LogP contribution in [-0.2, 0) is 0 Å². The summed E-state index contributed by atoms with van der Waals surface area (Å²) >= 11 is 6.12. The van der Waals surface area contributed by atoms with E-state index in [4.69, 9.17) is 11.6 Å². The first-order chi connectivity index (χ1) is 9.25. The number of aromatic hydroxyl groups is 1. The number of phenols is 1. The smallest absolute Gasteiger partial charge is 0.120 e. The third-order valence-electron chi connectivity index (χ3n) is 4.45. The molecule has 1 atom stereocenters. The van der Waals surface area contributed by atoms with Gasteiger partial charge in [-0.05, 0) is 37.0 Å². The van der Waals surface area contributed by atoms with E-state index >= 15 is 0 Å². The highest BCUT2D eigenvalue weighted by atomic mass is 35.5. The molecule has 1 saturated carbocycles. The van der Waals surface area contributed by atoms with Gasteiger partial charge in [-0.25, -0.2) is 0 Å². The Hall–Kier alpha value is -0.190. The molecule has 1 heterocycles. The molecule has 3 nitrogen and oxygen atoms in total. The molecular formula is C15H23Cl3N2O. The quantitative estimate of drug-likeness (QED) is 0.871. The van der Waals surface area contributed by atoms with E-state index in [2.05, 4.69) is 10.2 Å². The molecule has 120 valence electrons. The second-order valence-corrected chi connectivity index (χ2v) is 6.06. The van der Waals surface area contributed by atoms with Crippen molar-refractivity contribution in [2.45, 2.75) is 25.3 Å². The van der Waals surface area contributed by atoms with Crippen LogP contribution in [0, 0.1) is 5.92 Å². The van der Waals surface area contributed by atoms with Crippen molar-refractivity contribution in [1.82, 2.24) is 10.2 Å². The van der Waals surface area contributed by atoms with E-state index in [1.54, 1.807) is 12.1 Å². The summed E-state index contributed by atoms with van der Waals surface area (Å²) < 4.78 is 0. The molecule has 6 heteroatoms. The van der Waals surface area contributed by atoms with Gasteiger partial charge in [-0.3, -0.25) is 4.90 Å². The zero-order valence-electron chi connectivity index (χ0n) is 11.9. The maximum absolute atomic E-state index is 10.2. The number of nitrogens with one attached hydrogen (secondary N) is 1. The average Bonchev–Trinajstić information content (AvgIpc) is 2.38. The Morgan fingerprint density at radius 2 is 1.86 bits per heavy atom. The van der Waals surface area contributed by atoms with Crippen molar-refractivity contribution < 1.29 is 5.11 Å².